The lowest BCUT2D eigenvalue weighted by Crippen LogP contribution is -2.47. The van der Waals surface area contributed by atoms with Crippen LogP contribution in [-0.4, -0.2) is 29.9 Å². The molecule has 1 atom stereocenters. The molecular formula is C21H21ClN2OS. The van der Waals surface area contributed by atoms with Gasteiger partial charge in [-0.25, -0.2) is 0 Å². The first-order valence-corrected chi connectivity index (χ1v) is 10.1. The van der Waals surface area contributed by atoms with E-state index in [1.165, 1.54) is 16.9 Å². The highest BCUT2D eigenvalue weighted by Gasteiger charge is 2.22. The maximum Gasteiger partial charge on any atom is 0.261 e. The molecule has 1 aliphatic rings. The van der Waals surface area contributed by atoms with Crippen LogP contribution in [0.4, 0.5) is 0 Å². The number of carbonyl (C=O) groups is 1. The number of carbonyl (C=O) groups excluding carboxylic acids is 1. The fourth-order valence-corrected chi connectivity index (χ4v) is 4.83. The van der Waals surface area contributed by atoms with Gasteiger partial charge in [0.2, 0.25) is 0 Å². The summed E-state index contributed by atoms with van der Waals surface area (Å²) in [4.78, 5) is 15.8. The number of likely N-dealkylation sites (tertiary alicyclic amines) is 1. The van der Waals surface area contributed by atoms with Crippen LogP contribution in [0.15, 0.2) is 54.6 Å². The van der Waals surface area contributed by atoms with Gasteiger partial charge >= 0.3 is 0 Å². The number of hydrogen-bond acceptors (Lipinski definition) is 3. The van der Waals surface area contributed by atoms with Crippen molar-refractivity contribution in [3.63, 3.8) is 0 Å². The van der Waals surface area contributed by atoms with E-state index in [-0.39, 0.29) is 11.9 Å². The van der Waals surface area contributed by atoms with E-state index in [4.69, 9.17) is 11.6 Å². The zero-order chi connectivity index (χ0) is 17.9. The predicted molar refractivity (Wildman–Crippen MR) is 109 cm³/mol. The molecule has 0 spiro atoms. The SMILES string of the molecule is O=C(N[C@@H]1CCCN(Cc2ccccc2)C1)c1cc2c(Cl)cccc2s1. The predicted octanol–water partition coefficient (Wildman–Crippen LogP) is 4.95. The van der Waals surface area contributed by atoms with Crippen LogP contribution in [0, 0.1) is 0 Å². The van der Waals surface area contributed by atoms with Gasteiger partial charge in [-0.1, -0.05) is 48.0 Å². The first-order valence-electron chi connectivity index (χ1n) is 8.94. The molecule has 2 heterocycles. The summed E-state index contributed by atoms with van der Waals surface area (Å²) in [6.45, 7) is 2.91. The Morgan fingerprint density at radius 1 is 1.19 bits per heavy atom. The number of nitrogens with one attached hydrogen (secondary N) is 1. The molecule has 0 radical (unpaired) electrons. The van der Waals surface area contributed by atoms with Crippen LogP contribution >= 0.6 is 22.9 Å². The fraction of sp³-hybridized carbons (Fsp3) is 0.286. The Balaban J connectivity index is 1.41. The molecular weight excluding hydrogens is 364 g/mol. The topological polar surface area (TPSA) is 32.3 Å². The summed E-state index contributed by atoms with van der Waals surface area (Å²) in [5.74, 6) is 0.00817. The number of piperidine rings is 1. The molecule has 5 heteroatoms. The minimum Gasteiger partial charge on any atom is -0.347 e. The fourth-order valence-electron chi connectivity index (χ4n) is 3.55. The second-order valence-corrected chi connectivity index (χ2v) is 8.29. The normalized spacial score (nSPS) is 18.1. The molecule has 1 fully saturated rings. The lowest BCUT2D eigenvalue weighted by Gasteiger charge is -2.33. The van der Waals surface area contributed by atoms with Gasteiger partial charge in [0.1, 0.15) is 0 Å². The molecule has 134 valence electrons. The highest BCUT2D eigenvalue weighted by Crippen LogP contribution is 2.31. The smallest absolute Gasteiger partial charge is 0.261 e. The molecule has 1 aliphatic heterocycles. The molecule has 4 rings (SSSR count). The van der Waals surface area contributed by atoms with Gasteiger partial charge in [-0.2, -0.15) is 0 Å². The summed E-state index contributed by atoms with van der Waals surface area (Å²) in [5.41, 5.74) is 1.32. The van der Waals surface area contributed by atoms with E-state index < -0.39 is 0 Å². The first kappa shape index (κ1) is 17.5. The average Bonchev–Trinajstić information content (AvgIpc) is 3.09. The van der Waals surface area contributed by atoms with Gasteiger partial charge in [-0.15, -0.1) is 11.3 Å². The number of amides is 1. The maximum absolute atomic E-state index is 12.7. The second kappa shape index (κ2) is 7.78. The number of halogens is 1. The van der Waals surface area contributed by atoms with E-state index >= 15 is 0 Å². The van der Waals surface area contributed by atoms with Gasteiger partial charge in [0.05, 0.1) is 4.88 Å². The number of nitrogens with zero attached hydrogens (tertiary/aromatic N) is 1. The summed E-state index contributed by atoms with van der Waals surface area (Å²) < 4.78 is 1.05. The Morgan fingerprint density at radius 2 is 2.04 bits per heavy atom. The largest absolute Gasteiger partial charge is 0.347 e. The molecule has 1 amide bonds. The van der Waals surface area contributed by atoms with Crippen LogP contribution in [0.5, 0.6) is 0 Å². The Morgan fingerprint density at radius 3 is 2.85 bits per heavy atom. The van der Waals surface area contributed by atoms with Crippen LogP contribution in [0.1, 0.15) is 28.1 Å². The molecule has 0 aliphatic carbocycles. The summed E-state index contributed by atoms with van der Waals surface area (Å²) in [5, 5.41) is 4.87. The number of fused-ring (bicyclic) bond motifs is 1. The molecule has 2 aromatic carbocycles. The number of rotatable bonds is 4. The van der Waals surface area contributed by atoms with E-state index in [2.05, 4.69) is 34.5 Å². The van der Waals surface area contributed by atoms with Gasteiger partial charge in [0.25, 0.3) is 5.91 Å². The van der Waals surface area contributed by atoms with Crippen molar-refractivity contribution in [1.29, 1.82) is 0 Å². The molecule has 1 N–H and O–H groups in total. The van der Waals surface area contributed by atoms with Gasteiger partial charge in [0, 0.05) is 34.2 Å². The minimum absolute atomic E-state index is 0.00817. The van der Waals surface area contributed by atoms with Crippen molar-refractivity contribution in [1.82, 2.24) is 10.2 Å². The minimum atomic E-state index is 0.00817. The highest BCUT2D eigenvalue weighted by atomic mass is 35.5. The molecule has 0 unspecified atom stereocenters. The van der Waals surface area contributed by atoms with Crippen molar-refractivity contribution >= 4 is 38.9 Å². The third kappa shape index (κ3) is 3.93. The van der Waals surface area contributed by atoms with Crippen LogP contribution in [0.3, 0.4) is 0 Å². The van der Waals surface area contributed by atoms with Crippen molar-refractivity contribution in [2.24, 2.45) is 0 Å². The lowest BCUT2D eigenvalue weighted by atomic mass is 10.0. The van der Waals surface area contributed by atoms with E-state index in [1.807, 2.05) is 30.3 Å². The van der Waals surface area contributed by atoms with E-state index in [0.717, 1.165) is 47.4 Å². The van der Waals surface area contributed by atoms with E-state index in [1.54, 1.807) is 0 Å². The summed E-state index contributed by atoms with van der Waals surface area (Å²) in [7, 11) is 0. The molecule has 1 saturated heterocycles. The summed E-state index contributed by atoms with van der Waals surface area (Å²) >= 11 is 7.73. The first-order chi connectivity index (χ1) is 12.7. The molecule has 0 saturated carbocycles. The third-order valence-electron chi connectivity index (χ3n) is 4.82. The lowest BCUT2D eigenvalue weighted by molar-refractivity contribution is 0.0905. The van der Waals surface area contributed by atoms with Crippen LogP contribution in [0.2, 0.25) is 5.02 Å². The maximum atomic E-state index is 12.7. The van der Waals surface area contributed by atoms with Crippen molar-refractivity contribution < 1.29 is 4.79 Å². The highest BCUT2D eigenvalue weighted by molar-refractivity contribution is 7.20. The Labute approximate surface area is 162 Å². The van der Waals surface area contributed by atoms with Crippen molar-refractivity contribution in [2.45, 2.75) is 25.4 Å². The van der Waals surface area contributed by atoms with Crippen LogP contribution in [0.25, 0.3) is 10.1 Å². The summed E-state index contributed by atoms with van der Waals surface area (Å²) in [6.07, 6.45) is 2.14. The zero-order valence-corrected chi connectivity index (χ0v) is 16.0. The number of hydrogen-bond donors (Lipinski definition) is 1. The molecule has 0 bridgehead atoms. The van der Waals surface area contributed by atoms with Crippen LogP contribution < -0.4 is 5.32 Å². The Kier molecular flexibility index (Phi) is 5.25. The van der Waals surface area contributed by atoms with Gasteiger partial charge in [-0.05, 0) is 43.1 Å². The monoisotopic (exact) mass is 384 g/mol. The van der Waals surface area contributed by atoms with Crippen molar-refractivity contribution in [3.8, 4) is 0 Å². The zero-order valence-electron chi connectivity index (χ0n) is 14.5. The van der Waals surface area contributed by atoms with Crippen LogP contribution in [-0.2, 0) is 6.54 Å². The third-order valence-corrected chi connectivity index (χ3v) is 6.25. The van der Waals surface area contributed by atoms with Crippen molar-refractivity contribution in [2.75, 3.05) is 13.1 Å². The van der Waals surface area contributed by atoms with Crippen molar-refractivity contribution in [3.05, 3.63) is 70.1 Å². The van der Waals surface area contributed by atoms with E-state index in [9.17, 15) is 4.79 Å². The molecule has 3 nitrogen and oxygen atoms in total. The number of benzene rings is 2. The molecule has 1 aromatic heterocycles. The van der Waals surface area contributed by atoms with Gasteiger partial charge in [0.15, 0.2) is 0 Å². The standard InChI is InChI=1S/C21H21ClN2OS/c22-18-9-4-10-19-17(18)12-20(26-19)21(25)23-16-8-5-11-24(14-16)13-15-6-2-1-3-7-15/h1-4,6-7,9-10,12,16H,5,8,11,13-14H2,(H,23,25)/t16-/m1/s1. The quantitative estimate of drug-likeness (QED) is 0.690. The van der Waals surface area contributed by atoms with Gasteiger partial charge in [-0.3, -0.25) is 9.69 Å². The van der Waals surface area contributed by atoms with Gasteiger partial charge < -0.3 is 5.32 Å². The molecule has 26 heavy (non-hydrogen) atoms. The van der Waals surface area contributed by atoms with E-state index in [0.29, 0.717) is 5.02 Å². The summed E-state index contributed by atoms with van der Waals surface area (Å²) in [6, 6.07) is 18.4. The Bertz CT molecular complexity index is 909. The second-order valence-electron chi connectivity index (χ2n) is 6.80. The Hall–Kier alpha value is -1.88. The number of thiophene rings is 1. The molecule has 3 aromatic rings. The average molecular weight is 385 g/mol.